The van der Waals surface area contributed by atoms with Gasteiger partial charge in [-0.2, -0.15) is 0 Å². The minimum atomic E-state index is -0.448. The zero-order valence-electron chi connectivity index (χ0n) is 17.7. The summed E-state index contributed by atoms with van der Waals surface area (Å²) in [5.41, 5.74) is 1.93. The number of nitro benzene ring substituents is 1. The molecule has 0 atom stereocenters. The Labute approximate surface area is 190 Å². The van der Waals surface area contributed by atoms with Gasteiger partial charge in [0.1, 0.15) is 12.3 Å². The fourth-order valence-corrected chi connectivity index (χ4v) is 3.36. The van der Waals surface area contributed by atoms with Gasteiger partial charge >= 0.3 is 0 Å². The van der Waals surface area contributed by atoms with Crippen LogP contribution in [-0.2, 0) is 16.1 Å². The highest BCUT2D eigenvalue weighted by Crippen LogP contribution is 2.30. The van der Waals surface area contributed by atoms with Crippen molar-refractivity contribution in [3.05, 3.63) is 69.4 Å². The monoisotopic (exact) mass is 457 g/mol. The molecule has 0 aromatic heterocycles. The summed E-state index contributed by atoms with van der Waals surface area (Å²) in [6.07, 6.45) is 2.39. The van der Waals surface area contributed by atoms with Gasteiger partial charge in [-0.15, -0.1) is 0 Å². The number of hydrogen-bond donors (Lipinski definition) is 1. The van der Waals surface area contributed by atoms with Crippen LogP contribution in [-0.4, -0.2) is 48.2 Å². The van der Waals surface area contributed by atoms with Gasteiger partial charge in [0.05, 0.1) is 12.0 Å². The van der Waals surface area contributed by atoms with Gasteiger partial charge in [-0.1, -0.05) is 6.07 Å². The Morgan fingerprint density at radius 1 is 1.16 bits per heavy atom. The number of methoxy groups -OCH3 is 2. The van der Waals surface area contributed by atoms with E-state index in [1.54, 1.807) is 43.5 Å². The molecule has 1 saturated heterocycles. The molecule has 1 N–H and O–H groups in total. The van der Waals surface area contributed by atoms with Crippen molar-refractivity contribution in [3.63, 3.8) is 0 Å². The Hall–Kier alpha value is -3.50. The van der Waals surface area contributed by atoms with Crippen molar-refractivity contribution in [1.82, 2.24) is 10.2 Å². The van der Waals surface area contributed by atoms with Crippen LogP contribution in [0.4, 0.5) is 5.69 Å². The van der Waals surface area contributed by atoms with E-state index >= 15 is 0 Å². The molecule has 0 spiro atoms. The van der Waals surface area contributed by atoms with Crippen molar-refractivity contribution >= 4 is 35.0 Å². The van der Waals surface area contributed by atoms with Crippen LogP contribution in [0.5, 0.6) is 11.5 Å². The minimum Gasteiger partial charge on any atom is -0.493 e. The summed E-state index contributed by atoms with van der Waals surface area (Å²) in [5.74, 6) is 0.810. The molecule has 168 valence electrons. The van der Waals surface area contributed by atoms with Gasteiger partial charge in [-0.05, 0) is 60.1 Å². The maximum atomic E-state index is 12.6. The highest BCUT2D eigenvalue weighted by Gasteiger charge is 2.30. The number of nitrogens with one attached hydrogen (secondary N) is 1. The summed E-state index contributed by atoms with van der Waals surface area (Å²) in [6.45, 7) is 1.25. The fraction of sp³-hybridized carbons (Fsp3) is 0.273. The number of non-ortho nitro benzene ring substituents is 1. The molecular formula is C22H23N3O6S. The first kappa shape index (κ1) is 23.2. The van der Waals surface area contributed by atoms with E-state index in [-0.39, 0.29) is 18.2 Å². The van der Waals surface area contributed by atoms with Gasteiger partial charge in [-0.25, -0.2) is 0 Å². The predicted molar refractivity (Wildman–Crippen MR) is 122 cm³/mol. The van der Waals surface area contributed by atoms with Crippen molar-refractivity contribution < 1.29 is 23.9 Å². The number of carbonyl (C=O) groups is 1. The standard InChI is InChI=1S/C22H23N3O6S/c1-29-11-3-10-24-21(26)18(23-22(24)32)12-16-6-9-19(20(13-16)30-2)31-14-15-4-7-17(8-5-15)25(27)28/h4-9,12-13H,3,10-11,14H2,1-2H3,(H,23,32)/b18-12+. The number of hydrogen-bond acceptors (Lipinski definition) is 7. The minimum absolute atomic E-state index is 0.0236. The summed E-state index contributed by atoms with van der Waals surface area (Å²) < 4.78 is 16.3. The SMILES string of the molecule is COCCCN1C(=O)/C(=C\c2ccc(OCc3ccc([N+](=O)[O-])cc3)c(OC)c2)NC1=S. The highest BCUT2D eigenvalue weighted by molar-refractivity contribution is 7.80. The number of rotatable bonds is 10. The maximum absolute atomic E-state index is 12.6. The molecule has 0 radical (unpaired) electrons. The molecule has 0 bridgehead atoms. The summed E-state index contributed by atoms with van der Waals surface area (Å²) in [7, 11) is 3.14. The van der Waals surface area contributed by atoms with Crippen molar-refractivity contribution in [2.24, 2.45) is 0 Å². The van der Waals surface area contributed by atoms with Gasteiger partial charge in [-0.3, -0.25) is 19.8 Å². The van der Waals surface area contributed by atoms with Gasteiger partial charge in [0.25, 0.3) is 11.6 Å². The smallest absolute Gasteiger partial charge is 0.276 e. The zero-order valence-corrected chi connectivity index (χ0v) is 18.5. The average Bonchev–Trinajstić information content (AvgIpc) is 3.05. The quantitative estimate of drug-likeness (QED) is 0.191. The van der Waals surface area contributed by atoms with Gasteiger partial charge < -0.3 is 19.5 Å². The Balaban J connectivity index is 1.69. The van der Waals surface area contributed by atoms with Crippen LogP contribution in [0.3, 0.4) is 0 Å². The fourth-order valence-electron chi connectivity index (χ4n) is 3.08. The maximum Gasteiger partial charge on any atom is 0.276 e. The van der Waals surface area contributed by atoms with Crippen LogP contribution in [0.2, 0.25) is 0 Å². The Kier molecular flexibility index (Phi) is 7.74. The highest BCUT2D eigenvalue weighted by atomic mass is 32.1. The lowest BCUT2D eigenvalue weighted by Crippen LogP contribution is -2.32. The molecule has 0 aliphatic carbocycles. The van der Waals surface area contributed by atoms with Crippen molar-refractivity contribution in [3.8, 4) is 11.5 Å². The van der Waals surface area contributed by atoms with E-state index in [1.165, 1.54) is 24.1 Å². The average molecular weight is 458 g/mol. The molecule has 3 rings (SSSR count). The number of thiocarbonyl (C=S) groups is 1. The molecule has 10 heteroatoms. The third-order valence-electron chi connectivity index (χ3n) is 4.73. The van der Waals surface area contributed by atoms with Crippen molar-refractivity contribution in [2.75, 3.05) is 27.4 Å². The van der Waals surface area contributed by atoms with Crippen molar-refractivity contribution in [2.45, 2.75) is 13.0 Å². The number of nitrogens with zero attached hydrogens (tertiary/aromatic N) is 2. The second-order valence-corrected chi connectivity index (χ2v) is 7.30. The van der Waals surface area contributed by atoms with Gasteiger partial charge in [0.2, 0.25) is 0 Å². The van der Waals surface area contributed by atoms with E-state index in [2.05, 4.69) is 5.32 Å². The van der Waals surface area contributed by atoms with Gasteiger partial charge in [0.15, 0.2) is 16.6 Å². The molecule has 0 unspecified atom stereocenters. The molecule has 1 aliphatic heterocycles. The number of amides is 1. The van der Waals surface area contributed by atoms with E-state index in [0.717, 1.165) is 11.1 Å². The van der Waals surface area contributed by atoms with Crippen LogP contribution in [0, 0.1) is 10.1 Å². The summed E-state index contributed by atoms with van der Waals surface area (Å²) in [4.78, 5) is 24.5. The second kappa shape index (κ2) is 10.7. The number of nitro groups is 1. The van der Waals surface area contributed by atoms with Gasteiger partial charge in [0, 0.05) is 32.4 Å². The number of carbonyl (C=O) groups excluding carboxylic acids is 1. The molecule has 0 saturated carbocycles. The lowest BCUT2D eigenvalue weighted by Gasteiger charge is -2.13. The molecule has 1 amide bonds. The van der Waals surface area contributed by atoms with E-state index in [1.807, 2.05) is 0 Å². The Morgan fingerprint density at radius 2 is 1.91 bits per heavy atom. The van der Waals surface area contributed by atoms with Crippen LogP contribution in [0.1, 0.15) is 17.5 Å². The molecule has 1 fully saturated rings. The van der Waals surface area contributed by atoms with E-state index in [9.17, 15) is 14.9 Å². The number of benzene rings is 2. The number of ether oxygens (including phenoxy) is 3. The largest absolute Gasteiger partial charge is 0.493 e. The first-order valence-corrected chi connectivity index (χ1v) is 10.2. The van der Waals surface area contributed by atoms with Crippen LogP contribution < -0.4 is 14.8 Å². The Morgan fingerprint density at radius 3 is 2.56 bits per heavy atom. The molecule has 9 nitrogen and oxygen atoms in total. The third kappa shape index (κ3) is 5.59. The first-order chi connectivity index (χ1) is 15.4. The molecule has 32 heavy (non-hydrogen) atoms. The van der Waals surface area contributed by atoms with E-state index < -0.39 is 4.92 Å². The summed E-state index contributed by atoms with van der Waals surface area (Å²) in [6, 6.07) is 11.4. The van der Waals surface area contributed by atoms with Crippen LogP contribution in [0.25, 0.3) is 6.08 Å². The zero-order chi connectivity index (χ0) is 23.1. The molecular weight excluding hydrogens is 434 g/mol. The molecule has 1 aliphatic rings. The summed E-state index contributed by atoms with van der Waals surface area (Å²) >= 11 is 5.26. The van der Waals surface area contributed by atoms with E-state index in [0.29, 0.717) is 41.9 Å². The van der Waals surface area contributed by atoms with Crippen LogP contribution in [0.15, 0.2) is 48.2 Å². The predicted octanol–water partition coefficient (Wildman–Crippen LogP) is 3.28. The topological polar surface area (TPSA) is 103 Å². The third-order valence-corrected chi connectivity index (χ3v) is 5.06. The Bertz CT molecular complexity index is 1040. The first-order valence-electron chi connectivity index (χ1n) is 9.80. The second-order valence-electron chi connectivity index (χ2n) is 6.91. The molecule has 2 aromatic carbocycles. The van der Waals surface area contributed by atoms with Crippen molar-refractivity contribution in [1.29, 1.82) is 0 Å². The summed E-state index contributed by atoms with van der Waals surface area (Å²) in [5, 5.41) is 14.1. The lowest BCUT2D eigenvalue weighted by molar-refractivity contribution is -0.384. The molecule has 1 heterocycles. The van der Waals surface area contributed by atoms with Crippen LogP contribution >= 0.6 is 12.2 Å². The normalized spacial score (nSPS) is 14.6. The lowest BCUT2D eigenvalue weighted by atomic mass is 10.1. The molecule has 2 aromatic rings. The van der Waals surface area contributed by atoms with E-state index in [4.69, 9.17) is 26.4 Å².